The molecule has 2 atom stereocenters. The van der Waals surface area contributed by atoms with E-state index in [-0.39, 0.29) is 6.04 Å². The summed E-state index contributed by atoms with van der Waals surface area (Å²) < 4.78 is 7.17. The average Bonchev–Trinajstić information content (AvgIpc) is 2.59. The standard InChI is InChI=1S/C20H24BrClN2O/c1-24-9-8-18(23)12-19(24)11-15-10-17(22)6-7-20(15)25-13-14-2-4-16(21)5-3-14/h2-7,10,18-19H,8-9,11-13,23H2,1H3. The summed E-state index contributed by atoms with van der Waals surface area (Å²) in [6.45, 7) is 1.59. The molecule has 1 aliphatic heterocycles. The van der Waals surface area contributed by atoms with Gasteiger partial charge in [-0.15, -0.1) is 0 Å². The summed E-state index contributed by atoms with van der Waals surface area (Å²) in [5.74, 6) is 0.903. The summed E-state index contributed by atoms with van der Waals surface area (Å²) in [4.78, 5) is 2.39. The molecule has 3 rings (SSSR count). The van der Waals surface area contributed by atoms with E-state index >= 15 is 0 Å². The van der Waals surface area contributed by atoms with Crippen LogP contribution >= 0.6 is 27.5 Å². The van der Waals surface area contributed by atoms with Crippen molar-refractivity contribution in [2.24, 2.45) is 5.73 Å². The van der Waals surface area contributed by atoms with Gasteiger partial charge in [0.1, 0.15) is 12.4 Å². The third kappa shape index (κ3) is 5.20. The van der Waals surface area contributed by atoms with E-state index in [1.54, 1.807) is 0 Å². The maximum absolute atomic E-state index is 6.24. The molecule has 0 bridgehead atoms. The molecular weight excluding hydrogens is 400 g/mol. The topological polar surface area (TPSA) is 38.5 Å². The molecule has 25 heavy (non-hydrogen) atoms. The summed E-state index contributed by atoms with van der Waals surface area (Å²) in [6, 6.07) is 14.8. The van der Waals surface area contributed by atoms with Crippen molar-refractivity contribution in [3.05, 3.63) is 63.1 Å². The molecule has 2 aromatic carbocycles. The van der Waals surface area contributed by atoms with Gasteiger partial charge in [-0.25, -0.2) is 0 Å². The van der Waals surface area contributed by atoms with Gasteiger partial charge < -0.3 is 15.4 Å². The molecule has 0 saturated carbocycles. The van der Waals surface area contributed by atoms with Crippen molar-refractivity contribution >= 4 is 27.5 Å². The highest BCUT2D eigenvalue weighted by atomic mass is 79.9. The molecule has 2 aromatic rings. The summed E-state index contributed by atoms with van der Waals surface area (Å²) in [5.41, 5.74) is 8.46. The van der Waals surface area contributed by atoms with E-state index in [4.69, 9.17) is 22.1 Å². The first-order valence-electron chi connectivity index (χ1n) is 8.63. The highest BCUT2D eigenvalue weighted by molar-refractivity contribution is 9.10. The number of hydrogen-bond acceptors (Lipinski definition) is 3. The van der Waals surface area contributed by atoms with E-state index in [9.17, 15) is 0 Å². The number of piperidine rings is 1. The largest absolute Gasteiger partial charge is 0.489 e. The molecule has 3 nitrogen and oxygen atoms in total. The molecule has 2 unspecified atom stereocenters. The van der Waals surface area contributed by atoms with E-state index in [2.05, 4.69) is 40.0 Å². The Morgan fingerprint density at radius 3 is 2.76 bits per heavy atom. The number of hydrogen-bond donors (Lipinski definition) is 1. The van der Waals surface area contributed by atoms with Crippen molar-refractivity contribution in [3.8, 4) is 5.75 Å². The second kappa shape index (κ2) is 8.54. The van der Waals surface area contributed by atoms with Crippen molar-refractivity contribution in [2.75, 3.05) is 13.6 Å². The van der Waals surface area contributed by atoms with Crippen LogP contribution in [0.3, 0.4) is 0 Å². The number of halogens is 2. The van der Waals surface area contributed by atoms with E-state index in [0.29, 0.717) is 12.6 Å². The zero-order valence-electron chi connectivity index (χ0n) is 14.4. The summed E-state index contributed by atoms with van der Waals surface area (Å²) >= 11 is 9.69. The normalized spacial score (nSPS) is 21.3. The maximum Gasteiger partial charge on any atom is 0.123 e. The Morgan fingerprint density at radius 2 is 2.00 bits per heavy atom. The van der Waals surface area contributed by atoms with Crippen LogP contribution in [0.25, 0.3) is 0 Å². The molecule has 0 aliphatic carbocycles. The summed E-state index contributed by atoms with van der Waals surface area (Å²) in [5, 5.41) is 0.744. The quantitative estimate of drug-likeness (QED) is 0.761. The maximum atomic E-state index is 6.24. The molecule has 1 heterocycles. The van der Waals surface area contributed by atoms with Gasteiger partial charge in [-0.1, -0.05) is 39.7 Å². The van der Waals surface area contributed by atoms with Crippen LogP contribution in [0.5, 0.6) is 5.75 Å². The van der Waals surface area contributed by atoms with Crippen molar-refractivity contribution < 1.29 is 4.74 Å². The highest BCUT2D eigenvalue weighted by Gasteiger charge is 2.25. The van der Waals surface area contributed by atoms with Crippen molar-refractivity contribution in [2.45, 2.75) is 38.0 Å². The van der Waals surface area contributed by atoms with E-state index in [1.807, 2.05) is 30.3 Å². The Morgan fingerprint density at radius 1 is 1.24 bits per heavy atom. The van der Waals surface area contributed by atoms with Gasteiger partial charge in [0.2, 0.25) is 0 Å². The predicted molar refractivity (Wildman–Crippen MR) is 107 cm³/mol. The molecule has 1 saturated heterocycles. The minimum absolute atomic E-state index is 0.285. The van der Waals surface area contributed by atoms with Gasteiger partial charge in [0.15, 0.2) is 0 Å². The lowest BCUT2D eigenvalue weighted by atomic mass is 9.93. The fourth-order valence-corrected chi connectivity index (χ4v) is 3.74. The highest BCUT2D eigenvalue weighted by Crippen LogP contribution is 2.28. The molecule has 2 N–H and O–H groups in total. The zero-order chi connectivity index (χ0) is 17.8. The first kappa shape index (κ1) is 18.7. The van der Waals surface area contributed by atoms with E-state index in [1.165, 1.54) is 0 Å². The lowest BCUT2D eigenvalue weighted by Gasteiger charge is -2.36. The smallest absolute Gasteiger partial charge is 0.123 e. The Labute approximate surface area is 163 Å². The van der Waals surface area contributed by atoms with Crippen LogP contribution in [-0.2, 0) is 13.0 Å². The van der Waals surface area contributed by atoms with Crippen molar-refractivity contribution in [1.82, 2.24) is 4.90 Å². The fraction of sp³-hybridized carbons (Fsp3) is 0.400. The number of nitrogens with zero attached hydrogens (tertiary/aromatic N) is 1. The van der Waals surface area contributed by atoms with Gasteiger partial charge >= 0.3 is 0 Å². The third-order valence-corrected chi connectivity index (χ3v) is 5.60. The molecular formula is C20H24BrClN2O. The van der Waals surface area contributed by atoms with Gasteiger partial charge in [-0.2, -0.15) is 0 Å². The van der Waals surface area contributed by atoms with Gasteiger partial charge in [0.25, 0.3) is 0 Å². The number of likely N-dealkylation sites (tertiary alicyclic amines) is 1. The first-order valence-corrected chi connectivity index (χ1v) is 9.80. The van der Waals surface area contributed by atoms with Crippen LogP contribution in [0.2, 0.25) is 5.02 Å². The van der Waals surface area contributed by atoms with Crippen LogP contribution < -0.4 is 10.5 Å². The zero-order valence-corrected chi connectivity index (χ0v) is 16.8. The van der Waals surface area contributed by atoms with Crippen LogP contribution in [0, 0.1) is 0 Å². The number of nitrogens with two attached hydrogens (primary N) is 1. The molecule has 5 heteroatoms. The number of likely N-dealkylation sites (N-methyl/N-ethyl adjacent to an activating group) is 1. The Hall–Kier alpha value is -1.07. The molecule has 0 spiro atoms. The monoisotopic (exact) mass is 422 g/mol. The molecule has 0 amide bonds. The summed E-state index contributed by atoms with van der Waals surface area (Å²) in [7, 11) is 2.17. The minimum Gasteiger partial charge on any atom is -0.489 e. The number of rotatable bonds is 5. The number of benzene rings is 2. The van der Waals surface area contributed by atoms with Crippen molar-refractivity contribution in [1.29, 1.82) is 0 Å². The Bertz CT molecular complexity index is 707. The second-order valence-corrected chi connectivity index (χ2v) is 8.14. The van der Waals surface area contributed by atoms with E-state index in [0.717, 1.165) is 52.2 Å². The van der Waals surface area contributed by atoms with Crippen LogP contribution in [0.1, 0.15) is 24.0 Å². The Balaban J connectivity index is 1.72. The molecule has 0 aromatic heterocycles. The molecule has 1 fully saturated rings. The van der Waals surface area contributed by atoms with Crippen LogP contribution in [-0.4, -0.2) is 30.6 Å². The second-order valence-electron chi connectivity index (χ2n) is 6.79. The van der Waals surface area contributed by atoms with Gasteiger partial charge in [0.05, 0.1) is 0 Å². The SMILES string of the molecule is CN1CCC(N)CC1Cc1cc(Cl)ccc1OCc1ccc(Br)cc1. The van der Waals surface area contributed by atoms with E-state index < -0.39 is 0 Å². The fourth-order valence-electron chi connectivity index (χ4n) is 3.28. The van der Waals surface area contributed by atoms with Crippen LogP contribution in [0.15, 0.2) is 46.9 Å². The molecule has 1 aliphatic rings. The van der Waals surface area contributed by atoms with Gasteiger partial charge in [-0.3, -0.25) is 0 Å². The Kier molecular flexibility index (Phi) is 6.39. The molecule has 0 radical (unpaired) electrons. The molecule has 134 valence electrons. The van der Waals surface area contributed by atoms with Gasteiger partial charge in [-0.05, 0) is 74.3 Å². The lowest BCUT2D eigenvalue weighted by Crippen LogP contribution is -2.45. The lowest BCUT2D eigenvalue weighted by molar-refractivity contribution is 0.168. The van der Waals surface area contributed by atoms with Crippen molar-refractivity contribution in [3.63, 3.8) is 0 Å². The number of ether oxygens (including phenoxy) is 1. The third-order valence-electron chi connectivity index (χ3n) is 4.84. The predicted octanol–water partition coefficient (Wildman–Crippen LogP) is 4.65. The first-order chi connectivity index (χ1) is 12.0. The average molecular weight is 424 g/mol. The summed E-state index contributed by atoms with van der Waals surface area (Å²) in [6.07, 6.45) is 2.98. The van der Waals surface area contributed by atoms with Gasteiger partial charge in [0, 0.05) is 21.6 Å². The minimum atomic E-state index is 0.285. The van der Waals surface area contributed by atoms with Crippen LogP contribution in [0.4, 0.5) is 0 Å².